The van der Waals surface area contributed by atoms with E-state index >= 15 is 0 Å². The maximum Gasteiger partial charge on any atom is 0.573 e. The molecule has 1 heterocycles. The zero-order chi connectivity index (χ0) is 24.3. The normalized spacial score (nSPS) is 16.1. The number of carbonyl (C=O) groups excluding carboxylic acids is 1. The smallest absolute Gasteiger partial charge is 0.406 e. The van der Waals surface area contributed by atoms with Crippen molar-refractivity contribution in [1.29, 1.82) is 0 Å². The molecule has 1 unspecified atom stereocenters. The molecule has 1 fully saturated rings. The molecule has 1 saturated heterocycles. The Morgan fingerprint density at radius 3 is 1.91 bits per heavy atom. The maximum absolute atomic E-state index is 12.7. The predicted molar refractivity (Wildman–Crippen MR) is 133 cm³/mol. The third-order valence-corrected chi connectivity index (χ3v) is 6.15. The van der Waals surface area contributed by atoms with Crippen molar-refractivity contribution in [3.63, 3.8) is 0 Å². The number of carbonyl (C=O) groups is 1. The van der Waals surface area contributed by atoms with Gasteiger partial charge < -0.3 is 10.1 Å². The Morgan fingerprint density at radius 2 is 1.43 bits per heavy atom. The molecule has 3 aromatic rings. The van der Waals surface area contributed by atoms with Gasteiger partial charge in [0.25, 0.3) is 5.91 Å². The zero-order valence-corrected chi connectivity index (χ0v) is 20.6. The fraction of sp³-hybridized carbons (Fsp3) is 0.240. The summed E-state index contributed by atoms with van der Waals surface area (Å²) in [6.07, 6.45) is -4.04. The Morgan fingerprint density at radius 1 is 0.914 bits per heavy atom. The van der Waals surface area contributed by atoms with Gasteiger partial charge in [-0.1, -0.05) is 47.5 Å². The summed E-state index contributed by atoms with van der Waals surface area (Å²) in [6.45, 7) is 1.36. The van der Waals surface area contributed by atoms with Gasteiger partial charge in [-0.15, -0.1) is 25.6 Å². The van der Waals surface area contributed by atoms with Crippen LogP contribution in [0.2, 0.25) is 10.0 Å². The quantitative estimate of drug-likeness (QED) is 0.366. The van der Waals surface area contributed by atoms with E-state index < -0.39 is 6.36 Å². The van der Waals surface area contributed by atoms with Crippen LogP contribution in [-0.4, -0.2) is 36.3 Å². The monoisotopic (exact) mass is 544 g/mol. The van der Waals surface area contributed by atoms with E-state index in [0.717, 1.165) is 36.2 Å². The number of likely N-dealkylation sites (tertiary alicyclic amines) is 1. The molecule has 0 aromatic heterocycles. The second-order valence-corrected chi connectivity index (χ2v) is 8.90. The second-order valence-electron chi connectivity index (χ2n) is 8.03. The molecule has 0 spiro atoms. The van der Waals surface area contributed by atoms with Crippen LogP contribution in [-0.2, 0) is 0 Å². The number of ether oxygens (including phenoxy) is 1. The van der Waals surface area contributed by atoms with Crippen LogP contribution in [0.1, 0.15) is 33.9 Å². The van der Waals surface area contributed by atoms with E-state index in [4.69, 9.17) is 23.2 Å². The summed E-state index contributed by atoms with van der Waals surface area (Å²) >= 11 is 12.2. The number of amides is 1. The van der Waals surface area contributed by atoms with Crippen molar-refractivity contribution >= 4 is 41.5 Å². The van der Waals surface area contributed by atoms with Crippen LogP contribution in [0.5, 0.6) is 5.75 Å². The van der Waals surface area contributed by atoms with Gasteiger partial charge in [0.05, 0.1) is 6.04 Å². The van der Waals surface area contributed by atoms with Crippen molar-refractivity contribution in [1.82, 2.24) is 10.2 Å². The molecule has 186 valence electrons. The molecular formula is C25H22Cl3F3N2O2. The molecule has 4 rings (SSSR count). The van der Waals surface area contributed by atoms with Crippen molar-refractivity contribution in [2.45, 2.75) is 24.9 Å². The molecule has 1 aliphatic heterocycles. The lowest BCUT2D eigenvalue weighted by molar-refractivity contribution is -0.274. The molecule has 1 atom stereocenters. The van der Waals surface area contributed by atoms with E-state index in [1.54, 1.807) is 0 Å². The summed E-state index contributed by atoms with van der Waals surface area (Å²) in [7, 11) is 0. The Balaban J connectivity index is 0.00000342. The first kappa shape index (κ1) is 27.1. The lowest BCUT2D eigenvalue weighted by Gasteiger charge is -2.29. The van der Waals surface area contributed by atoms with Crippen LogP contribution < -0.4 is 10.1 Å². The molecule has 0 aliphatic carbocycles. The first-order valence-corrected chi connectivity index (χ1v) is 11.4. The number of alkyl halides is 3. The number of hydrogen-bond donors (Lipinski definition) is 1. The molecule has 35 heavy (non-hydrogen) atoms. The van der Waals surface area contributed by atoms with Crippen molar-refractivity contribution < 1.29 is 22.7 Å². The summed E-state index contributed by atoms with van der Waals surface area (Å²) in [5, 5.41) is 4.28. The van der Waals surface area contributed by atoms with Crippen molar-refractivity contribution in [3.05, 3.63) is 99.5 Å². The number of rotatable bonds is 6. The summed E-state index contributed by atoms with van der Waals surface area (Å²) in [6, 6.07) is 20.1. The van der Waals surface area contributed by atoms with E-state index in [0.29, 0.717) is 16.6 Å². The van der Waals surface area contributed by atoms with Gasteiger partial charge in [0.2, 0.25) is 0 Å². The van der Waals surface area contributed by atoms with Crippen LogP contribution in [0, 0.1) is 0 Å². The first-order chi connectivity index (χ1) is 16.2. The summed E-state index contributed by atoms with van der Waals surface area (Å²) in [5.74, 6) is -0.718. The highest BCUT2D eigenvalue weighted by molar-refractivity contribution is 6.30. The van der Waals surface area contributed by atoms with E-state index in [1.807, 2.05) is 48.5 Å². The molecule has 0 radical (unpaired) electrons. The van der Waals surface area contributed by atoms with Gasteiger partial charge in [0.15, 0.2) is 0 Å². The van der Waals surface area contributed by atoms with Gasteiger partial charge in [-0.3, -0.25) is 9.69 Å². The molecule has 3 aromatic carbocycles. The largest absolute Gasteiger partial charge is 0.573 e. The molecule has 0 bridgehead atoms. The van der Waals surface area contributed by atoms with Gasteiger partial charge in [-0.05, 0) is 66.1 Å². The van der Waals surface area contributed by atoms with Gasteiger partial charge >= 0.3 is 6.36 Å². The average Bonchev–Trinajstić information content (AvgIpc) is 3.24. The van der Waals surface area contributed by atoms with Crippen molar-refractivity contribution in [3.8, 4) is 5.75 Å². The minimum Gasteiger partial charge on any atom is -0.406 e. The van der Waals surface area contributed by atoms with Gasteiger partial charge in [0.1, 0.15) is 5.75 Å². The molecule has 4 nitrogen and oxygen atoms in total. The highest BCUT2D eigenvalue weighted by atomic mass is 35.5. The van der Waals surface area contributed by atoms with Crippen LogP contribution >= 0.6 is 35.6 Å². The maximum atomic E-state index is 12.7. The predicted octanol–water partition coefficient (Wildman–Crippen LogP) is 6.91. The van der Waals surface area contributed by atoms with Crippen molar-refractivity contribution in [2.24, 2.45) is 0 Å². The number of benzene rings is 3. The number of nitrogens with zero attached hydrogens (tertiary/aromatic N) is 1. The fourth-order valence-corrected chi connectivity index (χ4v) is 4.37. The lowest BCUT2D eigenvalue weighted by atomic mass is 9.97. The van der Waals surface area contributed by atoms with Crippen LogP contribution in [0.4, 0.5) is 13.2 Å². The van der Waals surface area contributed by atoms with Crippen LogP contribution in [0.25, 0.3) is 0 Å². The number of nitrogens with one attached hydrogen (secondary N) is 1. The standard InChI is InChI=1S/C25H21Cl2F3N2O2.ClH/c26-19-7-1-16(2-8-19)23(17-3-9-20(27)10-4-17)32-14-13-21(15-32)31-24(33)18-5-11-22(12-6-18)34-25(28,29)30;/h1-12,21,23H,13-15H2,(H,31,33);1H. The minimum absolute atomic E-state index is 0. The second kappa shape index (κ2) is 11.5. The first-order valence-electron chi connectivity index (χ1n) is 10.6. The topological polar surface area (TPSA) is 41.6 Å². The Labute approximate surface area is 217 Å². The summed E-state index contributed by atoms with van der Waals surface area (Å²) in [5.41, 5.74) is 2.40. The fourth-order valence-electron chi connectivity index (χ4n) is 4.12. The third kappa shape index (κ3) is 7.27. The highest BCUT2D eigenvalue weighted by Gasteiger charge is 2.32. The van der Waals surface area contributed by atoms with Crippen LogP contribution in [0.3, 0.4) is 0 Å². The van der Waals surface area contributed by atoms with Crippen LogP contribution in [0.15, 0.2) is 72.8 Å². The zero-order valence-electron chi connectivity index (χ0n) is 18.3. The molecular weight excluding hydrogens is 524 g/mol. The Hall–Kier alpha value is -2.45. The van der Waals surface area contributed by atoms with Crippen molar-refractivity contribution in [2.75, 3.05) is 13.1 Å². The van der Waals surface area contributed by atoms with Gasteiger partial charge in [-0.25, -0.2) is 0 Å². The highest BCUT2D eigenvalue weighted by Crippen LogP contribution is 2.33. The lowest BCUT2D eigenvalue weighted by Crippen LogP contribution is -2.38. The molecule has 0 saturated carbocycles. The molecule has 1 N–H and O–H groups in total. The van der Waals surface area contributed by atoms with E-state index in [2.05, 4.69) is 15.0 Å². The molecule has 1 amide bonds. The SMILES string of the molecule is Cl.O=C(NC1CCN(C(c2ccc(Cl)cc2)c2ccc(Cl)cc2)C1)c1ccc(OC(F)(F)F)cc1. The van der Waals surface area contributed by atoms with Gasteiger partial charge in [-0.2, -0.15) is 0 Å². The molecule has 1 aliphatic rings. The van der Waals surface area contributed by atoms with E-state index in [9.17, 15) is 18.0 Å². The summed E-state index contributed by atoms with van der Waals surface area (Å²) in [4.78, 5) is 14.9. The minimum atomic E-state index is -4.78. The number of halogens is 6. The van der Waals surface area contributed by atoms with E-state index in [1.165, 1.54) is 12.1 Å². The average molecular weight is 546 g/mol. The van der Waals surface area contributed by atoms with E-state index in [-0.39, 0.29) is 41.7 Å². The van der Waals surface area contributed by atoms with Gasteiger partial charge in [0, 0.05) is 34.7 Å². The molecule has 10 heteroatoms. The Bertz CT molecular complexity index is 1080. The Kier molecular flexibility index (Phi) is 8.94. The summed E-state index contributed by atoms with van der Waals surface area (Å²) < 4.78 is 40.9. The third-order valence-electron chi connectivity index (χ3n) is 5.64. The number of hydrogen-bond acceptors (Lipinski definition) is 3.